The van der Waals surface area contributed by atoms with E-state index in [4.69, 9.17) is 13.9 Å². The minimum absolute atomic E-state index is 0.00458. The van der Waals surface area contributed by atoms with Gasteiger partial charge in [-0.05, 0) is 94.7 Å². The topological polar surface area (TPSA) is 164 Å². The molecule has 51 heavy (non-hydrogen) atoms. The number of ether oxygens (including phenoxy) is 2. The zero-order chi connectivity index (χ0) is 36.9. The molecule has 0 spiro atoms. The van der Waals surface area contributed by atoms with Gasteiger partial charge in [-0.2, -0.15) is 0 Å². The quantitative estimate of drug-likeness (QED) is 0.106. The fraction of sp³-hybridized carbons (Fsp3) is 0.195. The van der Waals surface area contributed by atoms with E-state index in [2.05, 4.69) is 6.08 Å². The van der Waals surface area contributed by atoms with Gasteiger partial charge in [-0.3, -0.25) is 9.59 Å². The van der Waals surface area contributed by atoms with Gasteiger partial charge in [-0.15, -0.1) is 0 Å². The third-order valence-electron chi connectivity index (χ3n) is 8.70. The van der Waals surface area contributed by atoms with E-state index in [0.29, 0.717) is 40.0 Å². The van der Waals surface area contributed by atoms with Crippen molar-refractivity contribution in [3.05, 3.63) is 122 Å². The van der Waals surface area contributed by atoms with Gasteiger partial charge in [-0.25, -0.2) is 4.79 Å². The minimum Gasteiger partial charge on any atom is -0.508 e. The van der Waals surface area contributed by atoms with Crippen LogP contribution in [0.5, 0.6) is 34.5 Å². The molecular formula is C41H36O10. The van der Waals surface area contributed by atoms with E-state index in [9.17, 15) is 34.8 Å². The number of aromatic hydroxyl groups is 4. The van der Waals surface area contributed by atoms with Gasteiger partial charge in [0.05, 0.1) is 23.8 Å². The molecule has 1 aromatic heterocycles. The molecule has 0 unspecified atom stereocenters. The summed E-state index contributed by atoms with van der Waals surface area (Å²) >= 11 is 0. The number of ketones is 2. The Morgan fingerprint density at radius 2 is 1.55 bits per heavy atom. The highest BCUT2D eigenvalue weighted by atomic mass is 16.5. The summed E-state index contributed by atoms with van der Waals surface area (Å²) in [5, 5.41) is 40.8. The molecule has 1 aliphatic heterocycles. The van der Waals surface area contributed by atoms with E-state index >= 15 is 0 Å². The third kappa shape index (κ3) is 6.09. The lowest BCUT2D eigenvalue weighted by atomic mass is 9.82. The largest absolute Gasteiger partial charge is 0.508 e. The summed E-state index contributed by atoms with van der Waals surface area (Å²) in [6, 6.07) is 13.3. The number of methoxy groups -OCH3 is 1. The number of carbonyl (C=O) groups excluding carboxylic acids is 2. The Labute approximate surface area is 293 Å². The van der Waals surface area contributed by atoms with E-state index < -0.39 is 17.0 Å². The Hall–Kier alpha value is -6.29. The van der Waals surface area contributed by atoms with Crippen LogP contribution in [0, 0.1) is 6.92 Å². The third-order valence-corrected chi connectivity index (χ3v) is 8.70. The second-order valence-electron chi connectivity index (χ2n) is 13.2. The van der Waals surface area contributed by atoms with Crippen LogP contribution in [-0.4, -0.2) is 44.7 Å². The lowest BCUT2D eigenvalue weighted by molar-refractivity contribution is 0.0974. The van der Waals surface area contributed by atoms with Crippen molar-refractivity contribution < 1.29 is 43.9 Å². The van der Waals surface area contributed by atoms with E-state index in [-0.39, 0.29) is 62.2 Å². The Morgan fingerprint density at radius 1 is 0.863 bits per heavy atom. The summed E-state index contributed by atoms with van der Waals surface area (Å²) < 4.78 is 17.8. The maximum absolute atomic E-state index is 12.9. The van der Waals surface area contributed by atoms with Gasteiger partial charge in [0.15, 0.2) is 11.4 Å². The molecular weight excluding hydrogens is 652 g/mol. The van der Waals surface area contributed by atoms with E-state index in [1.54, 1.807) is 25.1 Å². The van der Waals surface area contributed by atoms with Crippen molar-refractivity contribution in [2.24, 2.45) is 0 Å². The predicted molar refractivity (Wildman–Crippen MR) is 192 cm³/mol. The molecule has 10 heteroatoms. The van der Waals surface area contributed by atoms with Crippen LogP contribution in [0.1, 0.15) is 76.2 Å². The van der Waals surface area contributed by atoms with Gasteiger partial charge in [-0.1, -0.05) is 35.9 Å². The smallest absolute Gasteiger partial charge is 0.348 e. The molecule has 0 atom stereocenters. The van der Waals surface area contributed by atoms with Crippen LogP contribution in [0.25, 0.3) is 28.2 Å². The average molecular weight is 689 g/mol. The molecule has 0 bridgehead atoms. The van der Waals surface area contributed by atoms with Gasteiger partial charge >= 0.3 is 5.63 Å². The van der Waals surface area contributed by atoms with Crippen molar-refractivity contribution in [3.8, 4) is 45.6 Å². The highest BCUT2D eigenvalue weighted by Gasteiger charge is 2.35. The summed E-state index contributed by atoms with van der Waals surface area (Å²) in [6.45, 7) is 9.62. The Morgan fingerprint density at radius 3 is 2.22 bits per heavy atom. The number of rotatable bonds is 4. The predicted octanol–water partition coefficient (Wildman–Crippen LogP) is 7.75. The fourth-order valence-corrected chi connectivity index (χ4v) is 6.32. The van der Waals surface area contributed by atoms with E-state index in [1.807, 2.05) is 39.8 Å². The van der Waals surface area contributed by atoms with E-state index in [0.717, 1.165) is 11.1 Å². The van der Waals surface area contributed by atoms with Crippen LogP contribution >= 0.6 is 0 Å². The molecule has 0 amide bonds. The van der Waals surface area contributed by atoms with Crippen LogP contribution in [0.3, 0.4) is 0 Å². The molecule has 0 saturated heterocycles. The van der Waals surface area contributed by atoms with Crippen molar-refractivity contribution >= 4 is 28.6 Å². The SMILES string of the molecule is COc1c(CC=C(C)C)c2c(c3oc(=O)c(-c4ccc(O)cc4)c(O)c13)C=CC(C)(C)O2.Cc1cc(O)c2c(c1)C(=O)c1cccc(O)c1C2=O. The Bertz CT molecular complexity index is 2390. The van der Waals surface area contributed by atoms with Crippen molar-refractivity contribution in [1.29, 1.82) is 0 Å². The van der Waals surface area contributed by atoms with Crippen LogP contribution < -0.4 is 15.1 Å². The zero-order valence-corrected chi connectivity index (χ0v) is 28.9. The minimum atomic E-state index is -0.694. The van der Waals surface area contributed by atoms with Crippen molar-refractivity contribution in [2.75, 3.05) is 7.11 Å². The molecule has 1 aliphatic carbocycles. The number of phenolic OH excluding ortho intramolecular Hbond substituents is 3. The van der Waals surface area contributed by atoms with Gasteiger partial charge in [0.1, 0.15) is 51.0 Å². The number of phenols is 3. The molecule has 0 radical (unpaired) electrons. The van der Waals surface area contributed by atoms with Crippen molar-refractivity contribution in [3.63, 3.8) is 0 Å². The van der Waals surface area contributed by atoms with E-state index in [1.165, 1.54) is 43.5 Å². The maximum atomic E-state index is 12.9. The summed E-state index contributed by atoms with van der Waals surface area (Å²) in [7, 11) is 1.52. The molecule has 0 saturated carbocycles. The van der Waals surface area contributed by atoms with Crippen molar-refractivity contribution in [1.82, 2.24) is 0 Å². The van der Waals surface area contributed by atoms with Crippen LogP contribution in [0.4, 0.5) is 0 Å². The van der Waals surface area contributed by atoms with Gasteiger partial charge in [0.25, 0.3) is 0 Å². The fourth-order valence-electron chi connectivity index (χ4n) is 6.32. The van der Waals surface area contributed by atoms with Gasteiger partial charge in [0, 0.05) is 16.7 Å². The molecule has 2 heterocycles. The molecule has 5 aromatic rings. The molecule has 10 nitrogen and oxygen atoms in total. The number of fused-ring (bicyclic) bond motifs is 5. The molecule has 0 fully saturated rings. The number of benzene rings is 4. The summed E-state index contributed by atoms with van der Waals surface area (Å²) in [4.78, 5) is 37.6. The second kappa shape index (κ2) is 12.9. The number of hydrogen-bond donors (Lipinski definition) is 4. The lowest BCUT2D eigenvalue weighted by Crippen LogP contribution is -2.28. The van der Waals surface area contributed by atoms with Gasteiger partial charge in [0.2, 0.25) is 5.78 Å². The molecule has 2 aliphatic rings. The maximum Gasteiger partial charge on any atom is 0.348 e. The molecule has 260 valence electrons. The highest BCUT2D eigenvalue weighted by molar-refractivity contribution is 6.30. The zero-order valence-electron chi connectivity index (χ0n) is 28.9. The molecule has 7 rings (SSSR count). The van der Waals surface area contributed by atoms with Gasteiger partial charge < -0.3 is 34.3 Å². The van der Waals surface area contributed by atoms with Crippen LogP contribution in [0.15, 0.2) is 81.5 Å². The second-order valence-corrected chi connectivity index (χ2v) is 13.2. The number of aryl methyl sites for hydroxylation is 1. The summed E-state index contributed by atoms with van der Waals surface area (Å²) in [5.41, 5.74) is 2.82. The summed E-state index contributed by atoms with van der Waals surface area (Å²) in [5.74, 6) is -0.594. The molecule has 4 N–H and O–H groups in total. The van der Waals surface area contributed by atoms with Crippen LogP contribution in [-0.2, 0) is 6.42 Å². The van der Waals surface area contributed by atoms with Crippen LogP contribution in [0.2, 0.25) is 0 Å². The normalized spacial score (nSPS) is 13.7. The van der Waals surface area contributed by atoms with Crippen molar-refractivity contribution in [2.45, 2.75) is 46.6 Å². The number of allylic oxidation sites excluding steroid dienone is 2. The Kier molecular flexibility index (Phi) is 8.72. The number of hydrogen-bond acceptors (Lipinski definition) is 10. The lowest BCUT2D eigenvalue weighted by Gasteiger charge is -2.31. The molecule has 4 aromatic carbocycles. The highest BCUT2D eigenvalue weighted by Crippen LogP contribution is 2.49. The first kappa shape index (κ1) is 34.6. The monoisotopic (exact) mass is 688 g/mol. The first-order chi connectivity index (χ1) is 24.1. The average Bonchev–Trinajstić information content (AvgIpc) is 3.06. The first-order valence-electron chi connectivity index (χ1n) is 16.1. The first-order valence-corrected chi connectivity index (χ1v) is 16.1. The summed E-state index contributed by atoms with van der Waals surface area (Å²) in [6.07, 6.45) is 6.31. The number of carbonyl (C=O) groups is 2. The Balaban J connectivity index is 0.000000200. The standard InChI is InChI=1S/C26H26O6.C15H10O4/c1-14(2)6-11-17-22-18(12-13-26(3,4)32-22)24-20(23(17)30-5)21(28)19(25(29)31-24)15-7-9-16(27)10-8-15;1-7-5-9-13(11(17)6-7)15(19)12-8(14(9)18)3-2-4-10(12)16/h6-10,12-13,27-28H,11H2,1-5H3;2-6,16-17H,1H3.